The van der Waals surface area contributed by atoms with E-state index in [0.29, 0.717) is 0 Å². The summed E-state index contributed by atoms with van der Waals surface area (Å²) in [6.45, 7) is 6.97. The lowest BCUT2D eigenvalue weighted by atomic mass is 10.1. The molecule has 0 aliphatic heterocycles. The molecule has 0 aromatic carbocycles. The highest BCUT2D eigenvalue weighted by Gasteiger charge is 2.29. The molecule has 1 aliphatic rings. The van der Waals surface area contributed by atoms with Crippen molar-refractivity contribution in [2.24, 2.45) is 5.92 Å². The standard InChI is InChI=1S/C17H22N4O2/c1-4-7-21-11(2)8-14(12(21)3)9-15(10-18)17(23)20-19-16(22)13-5-6-13/h8-9,13H,4-7H2,1-3H3,(H,19,22)(H,20,23)/b15-9+. The smallest absolute Gasteiger partial charge is 0.280 e. The van der Waals surface area contributed by atoms with E-state index in [2.05, 4.69) is 22.3 Å². The largest absolute Gasteiger partial charge is 0.349 e. The number of hydrogen-bond donors (Lipinski definition) is 2. The Labute approximate surface area is 136 Å². The molecule has 0 spiro atoms. The first-order valence-corrected chi connectivity index (χ1v) is 7.86. The molecule has 2 rings (SSSR count). The van der Waals surface area contributed by atoms with Gasteiger partial charge in [0, 0.05) is 23.9 Å². The minimum absolute atomic E-state index is 0.00205. The maximum atomic E-state index is 12.0. The fraction of sp³-hybridized carbons (Fsp3) is 0.471. The van der Waals surface area contributed by atoms with Gasteiger partial charge >= 0.3 is 0 Å². The summed E-state index contributed by atoms with van der Waals surface area (Å²) in [4.78, 5) is 23.6. The van der Waals surface area contributed by atoms with Gasteiger partial charge in [0.1, 0.15) is 11.6 Å². The second-order valence-corrected chi connectivity index (χ2v) is 5.87. The molecule has 6 heteroatoms. The summed E-state index contributed by atoms with van der Waals surface area (Å²) in [7, 11) is 0. The highest BCUT2D eigenvalue weighted by molar-refractivity contribution is 6.02. The molecular formula is C17H22N4O2. The van der Waals surface area contributed by atoms with E-state index in [0.717, 1.165) is 42.8 Å². The fourth-order valence-electron chi connectivity index (χ4n) is 2.48. The third kappa shape index (κ3) is 4.01. The van der Waals surface area contributed by atoms with Crippen LogP contribution in [0.1, 0.15) is 43.1 Å². The van der Waals surface area contributed by atoms with Gasteiger partial charge in [0.15, 0.2) is 0 Å². The first-order valence-electron chi connectivity index (χ1n) is 7.86. The summed E-state index contributed by atoms with van der Waals surface area (Å²) < 4.78 is 2.16. The first kappa shape index (κ1) is 16.8. The molecule has 1 aromatic heterocycles. The third-order valence-corrected chi connectivity index (χ3v) is 3.97. The molecule has 2 N–H and O–H groups in total. The minimum Gasteiger partial charge on any atom is -0.349 e. The molecule has 0 radical (unpaired) electrons. The lowest BCUT2D eigenvalue weighted by molar-refractivity contribution is -0.127. The molecule has 0 unspecified atom stereocenters. The number of nitrogens with one attached hydrogen (secondary N) is 2. The SMILES string of the molecule is CCCn1c(C)cc(/C=C(\C#N)C(=O)NNC(=O)C2CC2)c1C. The Balaban J connectivity index is 2.11. The number of hydrogen-bond acceptors (Lipinski definition) is 3. The number of aryl methyl sites for hydroxylation is 1. The van der Waals surface area contributed by atoms with Crippen molar-refractivity contribution in [1.82, 2.24) is 15.4 Å². The van der Waals surface area contributed by atoms with Crippen LogP contribution in [-0.4, -0.2) is 16.4 Å². The molecule has 2 amide bonds. The molecule has 0 atom stereocenters. The maximum absolute atomic E-state index is 12.0. The molecule has 6 nitrogen and oxygen atoms in total. The van der Waals surface area contributed by atoms with Gasteiger partial charge in [-0.15, -0.1) is 0 Å². The normalized spacial score (nSPS) is 14.3. The number of carbonyl (C=O) groups excluding carboxylic acids is 2. The molecule has 0 bridgehead atoms. The Morgan fingerprint density at radius 2 is 2.09 bits per heavy atom. The summed E-state index contributed by atoms with van der Waals surface area (Å²) in [6.07, 6.45) is 4.28. The number of nitrogens with zero attached hydrogens (tertiary/aromatic N) is 2. The zero-order valence-electron chi connectivity index (χ0n) is 13.8. The van der Waals surface area contributed by atoms with E-state index < -0.39 is 5.91 Å². The summed E-state index contributed by atoms with van der Waals surface area (Å²) in [5.74, 6) is -0.795. The molecule has 1 fully saturated rings. The lowest BCUT2D eigenvalue weighted by Crippen LogP contribution is -2.42. The van der Waals surface area contributed by atoms with Gasteiger partial charge in [0.2, 0.25) is 5.91 Å². The molecule has 1 aromatic rings. The number of rotatable bonds is 5. The Bertz CT molecular complexity index is 690. The zero-order chi connectivity index (χ0) is 17.0. The Morgan fingerprint density at radius 1 is 1.39 bits per heavy atom. The van der Waals surface area contributed by atoms with Crippen molar-refractivity contribution in [3.05, 3.63) is 28.6 Å². The van der Waals surface area contributed by atoms with Crippen LogP contribution in [0.3, 0.4) is 0 Å². The molecule has 23 heavy (non-hydrogen) atoms. The number of carbonyl (C=O) groups is 2. The van der Waals surface area contributed by atoms with Crippen LogP contribution >= 0.6 is 0 Å². The van der Waals surface area contributed by atoms with E-state index in [9.17, 15) is 14.9 Å². The van der Waals surface area contributed by atoms with E-state index >= 15 is 0 Å². The second kappa shape index (κ2) is 7.14. The third-order valence-electron chi connectivity index (χ3n) is 3.97. The van der Waals surface area contributed by atoms with Crippen molar-refractivity contribution in [2.45, 2.75) is 46.6 Å². The van der Waals surface area contributed by atoms with E-state index in [-0.39, 0.29) is 17.4 Å². The van der Waals surface area contributed by atoms with E-state index in [1.165, 1.54) is 0 Å². The van der Waals surface area contributed by atoms with Gasteiger partial charge in [0.25, 0.3) is 5.91 Å². The number of hydrazine groups is 1. The quantitative estimate of drug-likeness (QED) is 0.495. The zero-order valence-corrected chi connectivity index (χ0v) is 13.8. The van der Waals surface area contributed by atoms with Gasteiger partial charge in [-0.25, -0.2) is 0 Å². The average Bonchev–Trinajstić information content (AvgIpc) is 3.34. The predicted molar refractivity (Wildman–Crippen MR) is 86.8 cm³/mol. The highest BCUT2D eigenvalue weighted by atomic mass is 16.2. The summed E-state index contributed by atoms with van der Waals surface area (Å²) in [5, 5.41) is 9.22. The average molecular weight is 314 g/mol. The lowest BCUT2D eigenvalue weighted by Gasteiger charge is -2.07. The van der Waals surface area contributed by atoms with Gasteiger partial charge in [0.05, 0.1) is 0 Å². The van der Waals surface area contributed by atoms with Crippen LogP contribution in [0.5, 0.6) is 0 Å². The minimum atomic E-state index is -0.596. The Hall–Kier alpha value is -2.55. The maximum Gasteiger partial charge on any atom is 0.280 e. The highest BCUT2D eigenvalue weighted by Crippen LogP contribution is 2.28. The topological polar surface area (TPSA) is 86.9 Å². The van der Waals surface area contributed by atoms with E-state index in [1.807, 2.05) is 26.0 Å². The first-order chi connectivity index (χ1) is 11.0. The van der Waals surface area contributed by atoms with Crippen LogP contribution in [0, 0.1) is 31.1 Å². The molecule has 0 saturated heterocycles. The van der Waals surface area contributed by atoms with Crippen molar-refractivity contribution >= 4 is 17.9 Å². The van der Waals surface area contributed by atoms with E-state index in [1.54, 1.807) is 6.08 Å². The van der Waals surface area contributed by atoms with Gasteiger partial charge in [-0.1, -0.05) is 6.92 Å². The van der Waals surface area contributed by atoms with Gasteiger partial charge in [-0.05, 0) is 50.8 Å². The molecule has 1 saturated carbocycles. The van der Waals surface area contributed by atoms with Crippen LogP contribution in [0.15, 0.2) is 11.6 Å². The molecule has 1 aliphatic carbocycles. The predicted octanol–water partition coefficient (Wildman–Crippen LogP) is 1.98. The van der Waals surface area contributed by atoms with Crippen LogP contribution in [0.2, 0.25) is 0 Å². The number of nitriles is 1. The van der Waals surface area contributed by atoms with Crippen LogP contribution < -0.4 is 10.9 Å². The summed E-state index contributed by atoms with van der Waals surface area (Å²) in [5.41, 5.74) is 7.59. The number of aromatic nitrogens is 1. The van der Waals surface area contributed by atoms with Crippen molar-refractivity contribution < 1.29 is 9.59 Å². The van der Waals surface area contributed by atoms with Crippen LogP contribution in [0.4, 0.5) is 0 Å². The van der Waals surface area contributed by atoms with Crippen molar-refractivity contribution in [3.8, 4) is 6.07 Å². The fourth-order valence-corrected chi connectivity index (χ4v) is 2.48. The molecule has 1 heterocycles. The monoisotopic (exact) mass is 314 g/mol. The van der Waals surface area contributed by atoms with Gasteiger partial charge < -0.3 is 4.57 Å². The summed E-state index contributed by atoms with van der Waals surface area (Å²) in [6, 6.07) is 3.85. The second-order valence-electron chi connectivity index (χ2n) is 5.87. The van der Waals surface area contributed by atoms with Gasteiger partial charge in [-0.3, -0.25) is 20.4 Å². The van der Waals surface area contributed by atoms with Crippen LogP contribution in [-0.2, 0) is 16.1 Å². The van der Waals surface area contributed by atoms with Gasteiger partial charge in [-0.2, -0.15) is 5.26 Å². The van der Waals surface area contributed by atoms with Crippen molar-refractivity contribution in [3.63, 3.8) is 0 Å². The van der Waals surface area contributed by atoms with E-state index in [4.69, 9.17) is 0 Å². The Kier molecular flexibility index (Phi) is 5.22. The number of amides is 2. The Morgan fingerprint density at radius 3 is 2.65 bits per heavy atom. The van der Waals surface area contributed by atoms with Crippen LogP contribution in [0.25, 0.3) is 6.08 Å². The summed E-state index contributed by atoms with van der Waals surface area (Å²) >= 11 is 0. The van der Waals surface area contributed by atoms with Crippen molar-refractivity contribution in [2.75, 3.05) is 0 Å². The van der Waals surface area contributed by atoms with Crippen molar-refractivity contribution in [1.29, 1.82) is 5.26 Å². The molecule has 122 valence electrons. The molecular weight excluding hydrogens is 292 g/mol.